The van der Waals surface area contributed by atoms with Crippen molar-refractivity contribution in [3.8, 4) is 11.5 Å². The van der Waals surface area contributed by atoms with E-state index in [0.717, 1.165) is 58.3 Å². The largest absolute Gasteiger partial charge is 0.493 e. The molecule has 0 N–H and O–H groups in total. The summed E-state index contributed by atoms with van der Waals surface area (Å²) < 4.78 is 14.8. The monoisotopic (exact) mass is 490 g/mol. The van der Waals surface area contributed by atoms with Gasteiger partial charge >= 0.3 is 0 Å². The summed E-state index contributed by atoms with van der Waals surface area (Å²) in [4.78, 5) is 4.92. The molecule has 5 heteroatoms. The molecule has 0 fully saturated rings. The van der Waals surface area contributed by atoms with Crippen LogP contribution in [0, 0.1) is 13.8 Å². The van der Waals surface area contributed by atoms with Crippen molar-refractivity contribution in [2.75, 3.05) is 6.61 Å². The summed E-state index contributed by atoms with van der Waals surface area (Å²) in [5.41, 5.74) is 5.61. The van der Waals surface area contributed by atoms with Crippen molar-refractivity contribution >= 4 is 22.6 Å². The summed E-state index contributed by atoms with van der Waals surface area (Å²) in [6.07, 6.45) is 1.76. The Hall–Kier alpha value is -2.98. The van der Waals surface area contributed by atoms with Gasteiger partial charge in [-0.25, -0.2) is 4.98 Å². The third-order valence-corrected chi connectivity index (χ3v) is 6.74. The summed E-state index contributed by atoms with van der Waals surface area (Å²) in [5, 5.41) is 0.741. The lowest BCUT2D eigenvalue weighted by Gasteiger charge is -2.18. The Balaban J connectivity index is 1.44. The zero-order valence-electron chi connectivity index (χ0n) is 21.3. The van der Waals surface area contributed by atoms with E-state index in [2.05, 4.69) is 68.7 Å². The second kappa shape index (κ2) is 11.2. The van der Waals surface area contributed by atoms with Gasteiger partial charge in [-0.15, -0.1) is 0 Å². The average molecular weight is 491 g/mol. The van der Waals surface area contributed by atoms with E-state index in [1.807, 2.05) is 31.2 Å². The first-order valence-corrected chi connectivity index (χ1v) is 12.8. The maximum atomic E-state index is 6.27. The zero-order valence-corrected chi connectivity index (χ0v) is 22.1. The van der Waals surface area contributed by atoms with E-state index in [0.29, 0.717) is 12.5 Å². The highest BCUT2D eigenvalue weighted by Gasteiger charge is 2.18. The first-order chi connectivity index (χ1) is 16.8. The van der Waals surface area contributed by atoms with E-state index in [9.17, 15) is 0 Å². The van der Waals surface area contributed by atoms with E-state index in [-0.39, 0.29) is 6.10 Å². The number of hydrogen-bond donors (Lipinski definition) is 0. The van der Waals surface area contributed by atoms with Gasteiger partial charge in [0.15, 0.2) is 11.9 Å². The van der Waals surface area contributed by atoms with E-state index in [4.69, 9.17) is 26.1 Å². The van der Waals surface area contributed by atoms with Crippen LogP contribution in [0.2, 0.25) is 5.02 Å². The van der Waals surface area contributed by atoms with Crippen LogP contribution in [0.15, 0.2) is 60.7 Å². The van der Waals surface area contributed by atoms with E-state index in [1.54, 1.807) is 0 Å². The minimum absolute atomic E-state index is 0.194. The Morgan fingerprint density at radius 1 is 0.943 bits per heavy atom. The molecule has 0 aliphatic carbocycles. The van der Waals surface area contributed by atoms with Gasteiger partial charge in [-0.1, -0.05) is 49.7 Å². The maximum absolute atomic E-state index is 6.27. The third-order valence-electron chi connectivity index (χ3n) is 6.31. The van der Waals surface area contributed by atoms with Crippen LogP contribution in [0.4, 0.5) is 0 Å². The van der Waals surface area contributed by atoms with Crippen molar-refractivity contribution < 1.29 is 9.47 Å². The minimum atomic E-state index is -0.194. The third kappa shape index (κ3) is 5.99. The summed E-state index contributed by atoms with van der Waals surface area (Å²) in [5.74, 6) is 3.18. The van der Waals surface area contributed by atoms with Gasteiger partial charge in [0, 0.05) is 11.6 Å². The van der Waals surface area contributed by atoms with Crippen molar-refractivity contribution in [1.82, 2.24) is 9.55 Å². The van der Waals surface area contributed by atoms with E-state index < -0.39 is 0 Å². The standard InChI is InChI=1S/C30H35ClN2O2/c1-20(2)25-14-12-21(3)18-29(25)34-17-9-8-16-33-28-11-7-6-10-27(28)32-30(33)23(5)35-24-13-15-26(31)22(4)19-24/h6-7,10-15,18-20,23H,8-9,16-17H2,1-5H3. The number of nitrogens with zero attached hydrogens (tertiary/aromatic N) is 2. The van der Waals surface area contributed by atoms with Gasteiger partial charge in [-0.3, -0.25) is 0 Å². The molecule has 184 valence electrons. The number of unbranched alkanes of at least 4 members (excludes halogenated alkanes) is 1. The van der Waals surface area contributed by atoms with Gasteiger partial charge in [0.25, 0.3) is 0 Å². The molecule has 1 aromatic heterocycles. The summed E-state index contributed by atoms with van der Waals surface area (Å²) in [7, 11) is 0. The maximum Gasteiger partial charge on any atom is 0.153 e. The second-order valence-corrected chi connectivity index (χ2v) is 9.94. The molecule has 0 aliphatic rings. The molecule has 4 aromatic rings. The fraction of sp³-hybridized carbons (Fsp3) is 0.367. The molecule has 0 spiro atoms. The molecule has 0 saturated heterocycles. The molecule has 0 radical (unpaired) electrons. The molecule has 0 amide bonds. The number of benzene rings is 3. The van der Waals surface area contributed by atoms with Crippen LogP contribution in [-0.4, -0.2) is 16.2 Å². The Bertz CT molecular complexity index is 1300. The molecule has 1 heterocycles. The topological polar surface area (TPSA) is 36.3 Å². The van der Waals surface area contributed by atoms with Gasteiger partial charge in [0.05, 0.1) is 17.6 Å². The van der Waals surface area contributed by atoms with E-state index in [1.165, 1.54) is 11.1 Å². The minimum Gasteiger partial charge on any atom is -0.493 e. The normalized spacial score (nSPS) is 12.3. The molecule has 0 saturated carbocycles. The molecule has 1 unspecified atom stereocenters. The summed E-state index contributed by atoms with van der Waals surface area (Å²) >= 11 is 6.18. The van der Waals surface area contributed by atoms with Crippen molar-refractivity contribution in [3.63, 3.8) is 0 Å². The second-order valence-electron chi connectivity index (χ2n) is 9.53. The number of aryl methyl sites for hydroxylation is 3. The van der Waals surface area contributed by atoms with Gasteiger partial charge in [-0.05, 0) is 92.6 Å². The van der Waals surface area contributed by atoms with Crippen LogP contribution in [0.5, 0.6) is 11.5 Å². The molecule has 4 rings (SSSR count). The van der Waals surface area contributed by atoms with Gasteiger partial charge in [0.1, 0.15) is 11.5 Å². The average Bonchev–Trinajstić information content (AvgIpc) is 3.20. The Labute approximate surface area is 213 Å². The van der Waals surface area contributed by atoms with E-state index >= 15 is 0 Å². The Morgan fingerprint density at radius 2 is 1.74 bits per heavy atom. The lowest BCUT2D eigenvalue weighted by atomic mass is 10.0. The van der Waals surface area contributed by atoms with Crippen LogP contribution >= 0.6 is 11.6 Å². The first-order valence-electron chi connectivity index (χ1n) is 12.4. The number of fused-ring (bicyclic) bond motifs is 1. The molecule has 0 bridgehead atoms. The summed E-state index contributed by atoms with van der Waals surface area (Å²) in [6.45, 7) is 12.1. The first kappa shape index (κ1) is 25.1. The van der Waals surface area contributed by atoms with Gasteiger partial charge in [-0.2, -0.15) is 0 Å². The molecule has 0 aliphatic heterocycles. The van der Waals surface area contributed by atoms with Crippen LogP contribution in [0.1, 0.15) is 68.1 Å². The predicted molar refractivity (Wildman–Crippen MR) is 145 cm³/mol. The zero-order chi connectivity index (χ0) is 24.9. The molecule has 1 atom stereocenters. The van der Waals surface area contributed by atoms with Gasteiger partial charge in [0.2, 0.25) is 0 Å². The van der Waals surface area contributed by atoms with Crippen LogP contribution in [0.25, 0.3) is 11.0 Å². The number of hydrogen-bond acceptors (Lipinski definition) is 3. The van der Waals surface area contributed by atoms with Crippen LogP contribution in [0.3, 0.4) is 0 Å². The number of imidazole rings is 1. The molecule has 35 heavy (non-hydrogen) atoms. The number of halogens is 1. The lowest BCUT2D eigenvalue weighted by Crippen LogP contribution is -2.13. The van der Waals surface area contributed by atoms with Crippen LogP contribution < -0.4 is 9.47 Å². The predicted octanol–water partition coefficient (Wildman–Crippen LogP) is 8.43. The summed E-state index contributed by atoms with van der Waals surface area (Å²) in [6, 6.07) is 20.5. The Morgan fingerprint density at radius 3 is 2.51 bits per heavy atom. The molecule has 3 aromatic carbocycles. The van der Waals surface area contributed by atoms with Crippen molar-refractivity contribution in [2.24, 2.45) is 0 Å². The highest BCUT2D eigenvalue weighted by Crippen LogP contribution is 2.29. The highest BCUT2D eigenvalue weighted by atomic mass is 35.5. The lowest BCUT2D eigenvalue weighted by molar-refractivity contribution is 0.210. The number of rotatable bonds is 10. The highest BCUT2D eigenvalue weighted by molar-refractivity contribution is 6.31. The Kier molecular flexibility index (Phi) is 8.02. The van der Waals surface area contributed by atoms with Gasteiger partial charge < -0.3 is 14.0 Å². The molecule has 4 nitrogen and oxygen atoms in total. The van der Waals surface area contributed by atoms with Crippen LogP contribution in [-0.2, 0) is 6.54 Å². The molecular formula is C30H35ClN2O2. The van der Waals surface area contributed by atoms with Crippen molar-refractivity contribution in [1.29, 1.82) is 0 Å². The van der Waals surface area contributed by atoms with Crippen molar-refractivity contribution in [2.45, 2.75) is 66.0 Å². The number of aromatic nitrogens is 2. The number of para-hydroxylation sites is 2. The fourth-order valence-corrected chi connectivity index (χ4v) is 4.50. The molecular weight excluding hydrogens is 456 g/mol. The smallest absolute Gasteiger partial charge is 0.153 e. The fourth-order valence-electron chi connectivity index (χ4n) is 4.38. The number of ether oxygens (including phenoxy) is 2. The SMILES string of the molecule is Cc1ccc(C(C)C)c(OCCCCn2c(C(C)Oc3ccc(Cl)c(C)c3)nc3ccccc32)c1. The van der Waals surface area contributed by atoms with Crippen molar-refractivity contribution in [3.05, 3.63) is 88.2 Å². The quantitative estimate of drug-likeness (QED) is 0.209.